The van der Waals surface area contributed by atoms with Crippen LogP contribution in [0.1, 0.15) is 26.3 Å². The van der Waals surface area contributed by atoms with Crippen molar-refractivity contribution in [3.63, 3.8) is 0 Å². The van der Waals surface area contributed by atoms with Gasteiger partial charge in [-0.05, 0) is 23.6 Å². The Kier molecular flexibility index (Phi) is 8.73. The maximum Gasteiger partial charge on any atom is 0.416 e. The summed E-state index contributed by atoms with van der Waals surface area (Å²) in [7, 11) is 0. The zero-order valence-electron chi connectivity index (χ0n) is 15.0. The molecular formula is C17H26Cl2F3N3O. The molecule has 0 unspecified atom stereocenters. The molecule has 0 aliphatic carbocycles. The highest BCUT2D eigenvalue weighted by atomic mass is 35.5. The second-order valence-corrected chi connectivity index (χ2v) is 7.20. The van der Waals surface area contributed by atoms with E-state index in [4.69, 9.17) is 5.73 Å². The molecule has 0 spiro atoms. The first-order chi connectivity index (χ1) is 11.0. The number of halogens is 5. The number of nitrogens with zero attached hydrogens (tertiary/aromatic N) is 2. The van der Waals surface area contributed by atoms with E-state index in [1.54, 1.807) is 11.0 Å². The highest BCUT2D eigenvalue weighted by molar-refractivity contribution is 5.85. The van der Waals surface area contributed by atoms with E-state index in [9.17, 15) is 18.0 Å². The van der Waals surface area contributed by atoms with Crippen molar-refractivity contribution in [3.05, 3.63) is 29.8 Å². The molecule has 1 saturated heterocycles. The van der Waals surface area contributed by atoms with Gasteiger partial charge in [-0.2, -0.15) is 13.2 Å². The summed E-state index contributed by atoms with van der Waals surface area (Å²) in [6.45, 7) is 7.63. The van der Waals surface area contributed by atoms with Crippen LogP contribution in [0.2, 0.25) is 0 Å². The molecule has 1 aromatic carbocycles. The summed E-state index contributed by atoms with van der Waals surface area (Å²) in [4.78, 5) is 16.0. The molecule has 0 bridgehead atoms. The van der Waals surface area contributed by atoms with Crippen LogP contribution in [0, 0.1) is 5.41 Å². The van der Waals surface area contributed by atoms with Crippen LogP contribution in [0.3, 0.4) is 0 Å². The van der Waals surface area contributed by atoms with Crippen molar-refractivity contribution in [2.24, 2.45) is 11.1 Å². The minimum Gasteiger partial charge on any atom is -0.368 e. The Morgan fingerprint density at radius 3 is 2.08 bits per heavy atom. The number of nitrogens with two attached hydrogens (primary N) is 1. The summed E-state index contributed by atoms with van der Waals surface area (Å²) < 4.78 is 38.5. The monoisotopic (exact) mass is 415 g/mol. The average Bonchev–Trinajstić information content (AvgIpc) is 2.52. The normalized spacial score (nSPS) is 16.4. The second-order valence-electron chi connectivity index (χ2n) is 7.20. The van der Waals surface area contributed by atoms with E-state index in [-0.39, 0.29) is 36.1 Å². The zero-order chi connectivity index (χ0) is 18.1. The molecule has 0 radical (unpaired) electrons. The van der Waals surface area contributed by atoms with E-state index in [0.717, 1.165) is 12.1 Å². The number of alkyl halides is 3. The van der Waals surface area contributed by atoms with Crippen LogP contribution in [0.25, 0.3) is 0 Å². The Balaban J connectivity index is 0.00000312. The van der Waals surface area contributed by atoms with Crippen molar-refractivity contribution in [2.45, 2.75) is 33.0 Å². The maximum atomic E-state index is 12.8. The number of rotatable bonds is 2. The summed E-state index contributed by atoms with van der Waals surface area (Å²) in [5.74, 6) is -0.105. The van der Waals surface area contributed by atoms with E-state index < -0.39 is 17.8 Å². The molecule has 1 aliphatic rings. The molecule has 2 N–H and O–H groups in total. The van der Waals surface area contributed by atoms with Gasteiger partial charge in [0.2, 0.25) is 5.91 Å². The first-order valence-electron chi connectivity index (χ1n) is 7.97. The van der Waals surface area contributed by atoms with E-state index in [1.807, 2.05) is 25.7 Å². The summed E-state index contributed by atoms with van der Waals surface area (Å²) in [6, 6.07) is 4.70. The molecule has 1 amide bonds. The molecule has 0 aromatic heterocycles. The van der Waals surface area contributed by atoms with Gasteiger partial charge in [-0.1, -0.05) is 26.8 Å². The van der Waals surface area contributed by atoms with Gasteiger partial charge in [0.1, 0.15) is 0 Å². The summed E-state index contributed by atoms with van der Waals surface area (Å²) in [5.41, 5.74) is 5.55. The fourth-order valence-corrected chi connectivity index (χ4v) is 2.63. The quantitative estimate of drug-likeness (QED) is 0.802. The summed E-state index contributed by atoms with van der Waals surface area (Å²) in [6.07, 6.45) is -4.35. The third-order valence-electron chi connectivity index (χ3n) is 4.33. The molecule has 1 fully saturated rings. The van der Waals surface area contributed by atoms with Crippen molar-refractivity contribution in [2.75, 3.05) is 31.1 Å². The number of benzene rings is 1. The highest BCUT2D eigenvalue weighted by Crippen LogP contribution is 2.32. The molecule has 4 nitrogen and oxygen atoms in total. The number of anilines is 1. The van der Waals surface area contributed by atoms with Gasteiger partial charge in [-0.15, -0.1) is 24.8 Å². The fourth-order valence-electron chi connectivity index (χ4n) is 2.63. The van der Waals surface area contributed by atoms with E-state index in [0.29, 0.717) is 31.9 Å². The van der Waals surface area contributed by atoms with E-state index in [1.165, 1.54) is 6.07 Å². The van der Waals surface area contributed by atoms with Gasteiger partial charge in [-0.3, -0.25) is 4.79 Å². The highest BCUT2D eigenvalue weighted by Gasteiger charge is 2.33. The number of hydrogen-bond donors (Lipinski definition) is 1. The van der Waals surface area contributed by atoms with Crippen LogP contribution in [0.4, 0.5) is 18.9 Å². The van der Waals surface area contributed by atoms with Crippen LogP contribution < -0.4 is 10.6 Å². The lowest BCUT2D eigenvalue weighted by atomic mass is 9.86. The van der Waals surface area contributed by atoms with Gasteiger partial charge in [0, 0.05) is 31.9 Å². The van der Waals surface area contributed by atoms with Gasteiger partial charge in [-0.25, -0.2) is 0 Å². The predicted octanol–water partition coefficient (Wildman–Crippen LogP) is 3.57. The average molecular weight is 416 g/mol. The van der Waals surface area contributed by atoms with Crippen LogP contribution in [-0.4, -0.2) is 43.0 Å². The van der Waals surface area contributed by atoms with Crippen molar-refractivity contribution >= 4 is 36.4 Å². The Hall–Kier alpha value is -1.18. The molecule has 26 heavy (non-hydrogen) atoms. The Labute approximate surface area is 164 Å². The Morgan fingerprint density at radius 1 is 1.08 bits per heavy atom. The SMILES string of the molecule is CC(C)(C)[C@H](N)C(=O)N1CCN(c2cccc(C(F)(F)F)c2)CC1.Cl.Cl. The standard InChI is InChI=1S/C17H24F3N3O.2ClH/c1-16(2,3)14(21)15(24)23-9-7-22(8-10-23)13-6-4-5-12(11-13)17(18,19)20;;/h4-6,11,14H,7-10,21H2,1-3H3;2*1H/t14-;;/m1../s1. The van der Waals surface area contributed by atoms with Crippen molar-refractivity contribution < 1.29 is 18.0 Å². The lowest BCUT2D eigenvalue weighted by Crippen LogP contribution is -2.56. The Morgan fingerprint density at radius 2 is 1.62 bits per heavy atom. The molecule has 2 rings (SSSR count). The van der Waals surface area contributed by atoms with Crippen molar-refractivity contribution in [1.82, 2.24) is 4.90 Å². The molecule has 1 aliphatic heterocycles. The van der Waals surface area contributed by atoms with Crippen LogP contribution in [0.5, 0.6) is 0 Å². The smallest absolute Gasteiger partial charge is 0.368 e. The molecule has 1 aromatic rings. The van der Waals surface area contributed by atoms with Gasteiger partial charge in [0.05, 0.1) is 11.6 Å². The fraction of sp³-hybridized carbons (Fsp3) is 0.588. The number of hydrogen-bond acceptors (Lipinski definition) is 3. The minimum atomic E-state index is -4.35. The summed E-state index contributed by atoms with van der Waals surface area (Å²) in [5, 5.41) is 0. The third-order valence-corrected chi connectivity index (χ3v) is 4.33. The number of carbonyl (C=O) groups excluding carboxylic acids is 1. The van der Waals surface area contributed by atoms with Crippen LogP contribution in [-0.2, 0) is 11.0 Å². The lowest BCUT2D eigenvalue weighted by Gasteiger charge is -2.39. The molecule has 1 heterocycles. The van der Waals surface area contributed by atoms with Crippen LogP contribution in [0.15, 0.2) is 24.3 Å². The largest absolute Gasteiger partial charge is 0.416 e. The summed E-state index contributed by atoms with van der Waals surface area (Å²) >= 11 is 0. The first kappa shape index (κ1) is 24.8. The molecule has 9 heteroatoms. The lowest BCUT2D eigenvalue weighted by molar-refractivity contribution is -0.137. The molecule has 150 valence electrons. The van der Waals surface area contributed by atoms with Crippen molar-refractivity contribution in [3.8, 4) is 0 Å². The van der Waals surface area contributed by atoms with E-state index >= 15 is 0 Å². The first-order valence-corrected chi connectivity index (χ1v) is 7.97. The zero-order valence-corrected chi connectivity index (χ0v) is 16.7. The topological polar surface area (TPSA) is 49.6 Å². The minimum absolute atomic E-state index is 0. The number of piperazine rings is 1. The third kappa shape index (κ3) is 5.93. The predicted molar refractivity (Wildman–Crippen MR) is 102 cm³/mol. The molecular weight excluding hydrogens is 390 g/mol. The van der Waals surface area contributed by atoms with Gasteiger partial charge >= 0.3 is 6.18 Å². The second kappa shape index (κ2) is 9.15. The number of carbonyl (C=O) groups is 1. The molecule has 1 atom stereocenters. The van der Waals surface area contributed by atoms with Gasteiger partial charge in [0.25, 0.3) is 0 Å². The van der Waals surface area contributed by atoms with Crippen molar-refractivity contribution in [1.29, 1.82) is 0 Å². The van der Waals surface area contributed by atoms with Gasteiger partial charge in [0.15, 0.2) is 0 Å². The van der Waals surface area contributed by atoms with Crippen LogP contribution >= 0.6 is 24.8 Å². The van der Waals surface area contributed by atoms with E-state index in [2.05, 4.69) is 0 Å². The van der Waals surface area contributed by atoms with Gasteiger partial charge < -0.3 is 15.5 Å². The Bertz CT molecular complexity index is 598. The maximum absolute atomic E-state index is 12.8. The molecule has 0 saturated carbocycles. The number of amides is 1.